The number of nitrogens with one attached hydrogen (secondary N) is 1. The van der Waals surface area contributed by atoms with Gasteiger partial charge in [-0.25, -0.2) is 0 Å². The predicted molar refractivity (Wildman–Crippen MR) is 76.5 cm³/mol. The highest BCUT2D eigenvalue weighted by atomic mass is 16.5. The summed E-state index contributed by atoms with van der Waals surface area (Å²) in [4.78, 5) is 23.4. The number of carbonyl (C=O) groups is 2. The van der Waals surface area contributed by atoms with Crippen LogP contribution in [0.5, 0.6) is 0 Å². The molecule has 2 aromatic rings. The minimum absolute atomic E-state index is 0.0303. The number of methoxy groups -OCH3 is 1. The molecular formula is C15H16N2O4. The Bertz CT molecular complexity index is 622. The molecule has 6 heteroatoms. The van der Waals surface area contributed by atoms with E-state index in [-0.39, 0.29) is 12.5 Å². The number of benzene rings is 1. The van der Waals surface area contributed by atoms with Crippen LogP contribution in [-0.2, 0) is 9.53 Å². The van der Waals surface area contributed by atoms with Gasteiger partial charge in [-0.15, -0.1) is 0 Å². The molecule has 0 aliphatic heterocycles. The second-order valence-corrected chi connectivity index (χ2v) is 4.48. The molecule has 0 radical (unpaired) electrons. The van der Waals surface area contributed by atoms with Crippen molar-refractivity contribution in [2.45, 2.75) is 6.04 Å². The SMILES string of the molecule is COC[C@@H](NC(=O)c1cccc(-c2ccoc2)c1)C(N)=O. The normalized spacial score (nSPS) is 11.9. The fraction of sp³-hybridized carbons (Fsp3) is 0.200. The van der Waals surface area contributed by atoms with E-state index in [1.165, 1.54) is 7.11 Å². The summed E-state index contributed by atoms with van der Waals surface area (Å²) in [5.41, 5.74) is 7.35. The fourth-order valence-corrected chi connectivity index (χ4v) is 1.87. The van der Waals surface area contributed by atoms with Gasteiger partial charge in [0.15, 0.2) is 0 Å². The van der Waals surface area contributed by atoms with Crippen LogP contribution in [0.4, 0.5) is 0 Å². The fourth-order valence-electron chi connectivity index (χ4n) is 1.87. The zero-order valence-corrected chi connectivity index (χ0v) is 11.5. The van der Waals surface area contributed by atoms with E-state index in [4.69, 9.17) is 14.9 Å². The molecule has 2 rings (SSSR count). The van der Waals surface area contributed by atoms with E-state index >= 15 is 0 Å². The van der Waals surface area contributed by atoms with Crippen LogP contribution in [0.1, 0.15) is 10.4 Å². The van der Waals surface area contributed by atoms with Crippen LogP contribution in [0.15, 0.2) is 47.3 Å². The van der Waals surface area contributed by atoms with Gasteiger partial charge in [0.2, 0.25) is 5.91 Å². The number of ether oxygens (including phenoxy) is 1. The number of furan rings is 1. The molecule has 21 heavy (non-hydrogen) atoms. The number of rotatable bonds is 6. The van der Waals surface area contributed by atoms with Gasteiger partial charge in [-0.2, -0.15) is 0 Å². The highest BCUT2D eigenvalue weighted by Crippen LogP contribution is 2.20. The topological polar surface area (TPSA) is 94.6 Å². The lowest BCUT2D eigenvalue weighted by Gasteiger charge is -2.14. The van der Waals surface area contributed by atoms with Crippen LogP contribution in [0.2, 0.25) is 0 Å². The summed E-state index contributed by atoms with van der Waals surface area (Å²) >= 11 is 0. The van der Waals surface area contributed by atoms with Crippen LogP contribution < -0.4 is 11.1 Å². The molecule has 0 spiro atoms. The molecule has 0 bridgehead atoms. The predicted octanol–water partition coefficient (Wildman–Crippen LogP) is 1.18. The molecule has 0 saturated heterocycles. The largest absolute Gasteiger partial charge is 0.472 e. The maximum Gasteiger partial charge on any atom is 0.252 e. The minimum Gasteiger partial charge on any atom is -0.472 e. The lowest BCUT2D eigenvalue weighted by Crippen LogP contribution is -2.47. The first-order chi connectivity index (χ1) is 10.1. The summed E-state index contributed by atoms with van der Waals surface area (Å²) in [7, 11) is 1.43. The molecule has 0 saturated carbocycles. The molecule has 6 nitrogen and oxygen atoms in total. The van der Waals surface area contributed by atoms with Crippen molar-refractivity contribution in [3.63, 3.8) is 0 Å². The van der Waals surface area contributed by atoms with Gasteiger partial charge in [0.05, 0.1) is 19.1 Å². The molecule has 1 atom stereocenters. The Morgan fingerprint density at radius 2 is 2.14 bits per heavy atom. The Morgan fingerprint density at radius 1 is 1.33 bits per heavy atom. The molecule has 110 valence electrons. The molecule has 0 aliphatic carbocycles. The average molecular weight is 288 g/mol. The molecule has 0 aliphatic rings. The zero-order chi connectivity index (χ0) is 15.2. The highest BCUT2D eigenvalue weighted by Gasteiger charge is 2.18. The van der Waals surface area contributed by atoms with E-state index in [0.717, 1.165) is 11.1 Å². The lowest BCUT2D eigenvalue weighted by molar-refractivity contribution is -0.121. The summed E-state index contributed by atoms with van der Waals surface area (Å²) in [6.07, 6.45) is 3.15. The smallest absolute Gasteiger partial charge is 0.252 e. The molecule has 1 aromatic carbocycles. The second kappa shape index (κ2) is 6.71. The van der Waals surface area contributed by atoms with Crippen molar-refractivity contribution in [2.75, 3.05) is 13.7 Å². The van der Waals surface area contributed by atoms with Gasteiger partial charge in [-0.3, -0.25) is 9.59 Å². The Labute approximate surface area is 121 Å². The second-order valence-electron chi connectivity index (χ2n) is 4.48. The van der Waals surface area contributed by atoms with Crippen LogP contribution in [-0.4, -0.2) is 31.6 Å². The highest BCUT2D eigenvalue weighted by molar-refractivity contribution is 5.98. The minimum atomic E-state index is -0.861. The summed E-state index contributed by atoms with van der Waals surface area (Å²) in [5.74, 6) is -1.03. The van der Waals surface area contributed by atoms with Gasteiger partial charge in [0.25, 0.3) is 5.91 Å². The van der Waals surface area contributed by atoms with Crippen molar-refractivity contribution < 1.29 is 18.7 Å². The molecule has 0 unspecified atom stereocenters. The van der Waals surface area contributed by atoms with Gasteiger partial charge >= 0.3 is 0 Å². The van der Waals surface area contributed by atoms with E-state index in [2.05, 4.69) is 5.32 Å². The van der Waals surface area contributed by atoms with Crippen molar-refractivity contribution in [3.8, 4) is 11.1 Å². The molecule has 1 heterocycles. The van der Waals surface area contributed by atoms with Crippen molar-refractivity contribution in [1.29, 1.82) is 0 Å². The van der Waals surface area contributed by atoms with Crippen LogP contribution in [0.25, 0.3) is 11.1 Å². The third-order valence-corrected chi connectivity index (χ3v) is 2.96. The number of carbonyl (C=O) groups excluding carboxylic acids is 2. The number of amides is 2. The quantitative estimate of drug-likeness (QED) is 0.834. The van der Waals surface area contributed by atoms with Gasteiger partial charge in [0, 0.05) is 18.2 Å². The Morgan fingerprint density at radius 3 is 2.76 bits per heavy atom. The van der Waals surface area contributed by atoms with Gasteiger partial charge < -0.3 is 20.2 Å². The van der Waals surface area contributed by atoms with Gasteiger partial charge in [-0.05, 0) is 23.8 Å². The molecule has 0 fully saturated rings. The standard InChI is InChI=1S/C15H16N2O4/c1-20-9-13(14(16)18)17-15(19)11-4-2-3-10(7-11)12-5-6-21-8-12/h2-8,13H,9H2,1H3,(H2,16,18)(H,17,19)/t13-/m1/s1. The first kappa shape index (κ1) is 14.8. The maximum atomic E-state index is 12.2. The number of hydrogen-bond acceptors (Lipinski definition) is 4. The Hall–Kier alpha value is -2.60. The van der Waals surface area contributed by atoms with E-state index in [1.54, 1.807) is 36.8 Å². The summed E-state index contributed by atoms with van der Waals surface area (Å²) in [6, 6.07) is 7.93. The first-order valence-corrected chi connectivity index (χ1v) is 6.33. The number of hydrogen-bond donors (Lipinski definition) is 2. The van der Waals surface area contributed by atoms with Crippen molar-refractivity contribution >= 4 is 11.8 Å². The van der Waals surface area contributed by atoms with E-state index in [0.29, 0.717) is 5.56 Å². The number of primary amides is 1. The summed E-state index contributed by atoms with van der Waals surface area (Å²) in [5, 5.41) is 2.54. The monoisotopic (exact) mass is 288 g/mol. The summed E-state index contributed by atoms with van der Waals surface area (Å²) < 4.78 is 9.88. The Balaban J connectivity index is 2.16. The van der Waals surface area contributed by atoms with E-state index in [9.17, 15) is 9.59 Å². The molecule has 2 amide bonds. The average Bonchev–Trinajstić information content (AvgIpc) is 3.01. The van der Waals surface area contributed by atoms with Crippen molar-refractivity contribution in [1.82, 2.24) is 5.32 Å². The third-order valence-electron chi connectivity index (χ3n) is 2.96. The van der Waals surface area contributed by atoms with E-state index in [1.807, 2.05) is 6.07 Å². The van der Waals surface area contributed by atoms with Gasteiger partial charge in [0.1, 0.15) is 6.04 Å². The maximum absolute atomic E-state index is 12.2. The van der Waals surface area contributed by atoms with Crippen LogP contribution in [0.3, 0.4) is 0 Å². The Kier molecular flexibility index (Phi) is 4.73. The summed E-state index contributed by atoms with van der Waals surface area (Å²) in [6.45, 7) is 0.0303. The van der Waals surface area contributed by atoms with Crippen molar-refractivity contribution in [2.24, 2.45) is 5.73 Å². The zero-order valence-electron chi connectivity index (χ0n) is 11.5. The molecule has 3 N–H and O–H groups in total. The number of nitrogens with two attached hydrogens (primary N) is 1. The van der Waals surface area contributed by atoms with Crippen molar-refractivity contribution in [3.05, 3.63) is 48.4 Å². The molecular weight excluding hydrogens is 272 g/mol. The van der Waals surface area contributed by atoms with Crippen LogP contribution in [0, 0.1) is 0 Å². The molecule has 1 aromatic heterocycles. The lowest BCUT2D eigenvalue weighted by atomic mass is 10.1. The van der Waals surface area contributed by atoms with Gasteiger partial charge in [-0.1, -0.05) is 12.1 Å². The third kappa shape index (κ3) is 3.70. The first-order valence-electron chi connectivity index (χ1n) is 6.33. The van der Waals surface area contributed by atoms with E-state index < -0.39 is 11.9 Å². The van der Waals surface area contributed by atoms with Crippen LogP contribution >= 0.6 is 0 Å².